The minimum absolute atomic E-state index is 0.468. The molecular formula is C19H28N2O. The second-order valence-electron chi connectivity index (χ2n) is 6.78. The highest BCUT2D eigenvalue weighted by atomic mass is 16.5. The van der Waals surface area contributed by atoms with Crippen molar-refractivity contribution < 1.29 is 4.74 Å². The summed E-state index contributed by atoms with van der Waals surface area (Å²) in [5.74, 6) is 2.56. The number of fused-ring (bicyclic) bond motifs is 1. The molecule has 0 radical (unpaired) electrons. The van der Waals surface area contributed by atoms with E-state index in [1.807, 2.05) is 25.1 Å². The number of aryl methyl sites for hydroxylation is 1. The van der Waals surface area contributed by atoms with Gasteiger partial charge in [0.15, 0.2) is 0 Å². The van der Waals surface area contributed by atoms with Crippen LogP contribution in [0.5, 0.6) is 5.88 Å². The Bertz CT molecular complexity index is 526. The number of hydrogen-bond acceptors (Lipinski definition) is 3. The molecule has 22 heavy (non-hydrogen) atoms. The molecule has 1 N–H and O–H groups in total. The molecule has 120 valence electrons. The number of allylic oxidation sites excluding steroid dienone is 1. The van der Waals surface area contributed by atoms with E-state index in [0.717, 1.165) is 30.0 Å². The van der Waals surface area contributed by atoms with Gasteiger partial charge in [0.25, 0.3) is 0 Å². The van der Waals surface area contributed by atoms with Crippen LogP contribution in [0.3, 0.4) is 0 Å². The lowest BCUT2D eigenvalue weighted by Gasteiger charge is -2.28. The molecular weight excluding hydrogens is 272 g/mol. The van der Waals surface area contributed by atoms with Crippen LogP contribution in [0, 0.1) is 18.8 Å². The summed E-state index contributed by atoms with van der Waals surface area (Å²) in [7, 11) is 0. The van der Waals surface area contributed by atoms with Gasteiger partial charge in [0.1, 0.15) is 6.61 Å². The van der Waals surface area contributed by atoms with Crippen molar-refractivity contribution in [1.82, 2.24) is 10.3 Å². The van der Waals surface area contributed by atoms with Crippen molar-refractivity contribution >= 4 is 0 Å². The van der Waals surface area contributed by atoms with Crippen LogP contribution in [0.1, 0.15) is 44.7 Å². The van der Waals surface area contributed by atoms with Gasteiger partial charge in [-0.25, -0.2) is 4.98 Å². The van der Waals surface area contributed by atoms with Crippen molar-refractivity contribution in [2.75, 3.05) is 13.2 Å². The molecule has 0 aliphatic heterocycles. The molecule has 0 saturated heterocycles. The smallest absolute Gasteiger partial charge is 0.213 e. The SMILES string of the molecule is Cc1cccc(OCCNC(C)C2=CC3CCCC3CC2)n1. The molecule has 3 nitrogen and oxygen atoms in total. The van der Waals surface area contributed by atoms with Gasteiger partial charge >= 0.3 is 0 Å². The van der Waals surface area contributed by atoms with E-state index in [9.17, 15) is 0 Å². The summed E-state index contributed by atoms with van der Waals surface area (Å²) in [6.07, 6.45) is 9.53. The van der Waals surface area contributed by atoms with Crippen LogP contribution in [0.15, 0.2) is 29.8 Å². The van der Waals surface area contributed by atoms with Gasteiger partial charge in [-0.3, -0.25) is 0 Å². The topological polar surface area (TPSA) is 34.1 Å². The van der Waals surface area contributed by atoms with Crippen molar-refractivity contribution in [1.29, 1.82) is 0 Å². The summed E-state index contributed by atoms with van der Waals surface area (Å²) in [6.45, 7) is 5.80. The van der Waals surface area contributed by atoms with Gasteiger partial charge in [-0.1, -0.05) is 24.1 Å². The molecule has 2 aliphatic carbocycles. The standard InChI is InChI=1S/C19H28N2O/c1-14-5-3-8-19(21-14)22-12-11-20-15(2)17-10-9-16-6-4-7-18(16)13-17/h3,5,8,13,15-16,18,20H,4,6-7,9-12H2,1-2H3. The lowest BCUT2D eigenvalue weighted by molar-refractivity contribution is 0.296. The maximum atomic E-state index is 5.70. The molecule has 0 spiro atoms. The Labute approximate surface area is 134 Å². The number of rotatable bonds is 6. The third-order valence-corrected chi connectivity index (χ3v) is 5.17. The lowest BCUT2D eigenvalue weighted by Crippen LogP contribution is -2.33. The molecule has 3 unspecified atom stereocenters. The van der Waals surface area contributed by atoms with E-state index in [1.54, 1.807) is 5.57 Å². The minimum Gasteiger partial charge on any atom is -0.476 e. The van der Waals surface area contributed by atoms with Crippen molar-refractivity contribution in [3.63, 3.8) is 0 Å². The molecule has 1 aromatic rings. The molecule has 1 fully saturated rings. The van der Waals surface area contributed by atoms with Gasteiger partial charge < -0.3 is 10.1 Å². The number of nitrogens with zero attached hydrogens (tertiary/aromatic N) is 1. The van der Waals surface area contributed by atoms with E-state index in [-0.39, 0.29) is 0 Å². The molecule has 2 aliphatic rings. The predicted molar refractivity (Wildman–Crippen MR) is 90.1 cm³/mol. The highest BCUT2D eigenvalue weighted by Gasteiger charge is 2.29. The first kappa shape index (κ1) is 15.5. The summed E-state index contributed by atoms with van der Waals surface area (Å²) in [5.41, 5.74) is 2.61. The van der Waals surface area contributed by atoms with Crippen LogP contribution in [0.25, 0.3) is 0 Å². The Hall–Kier alpha value is -1.35. The third-order valence-electron chi connectivity index (χ3n) is 5.17. The fourth-order valence-corrected chi connectivity index (χ4v) is 3.88. The molecule has 3 heteroatoms. The zero-order valence-corrected chi connectivity index (χ0v) is 13.8. The first-order chi connectivity index (χ1) is 10.7. The highest BCUT2D eigenvalue weighted by Crippen LogP contribution is 2.41. The number of hydrogen-bond donors (Lipinski definition) is 1. The monoisotopic (exact) mass is 300 g/mol. The van der Waals surface area contributed by atoms with Crippen LogP contribution in [0.4, 0.5) is 0 Å². The largest absolute Gasteiger partial charge is 0.476 e. The summed E-state index contributed by atoms with van der Waals surface area (Å²) in [5, 5.41) is 3.60. The average Bonchev–Trinajstić information content (AvgIpc) is 2.99. The second-order valence-corrected chi connectivity index (χ2v) is 6.78. The number of ether oxygens (including phenoxy) is 1. The van der Waals surface area contributed by atoms with Crippen molar-refractivity contribution in [3.05, 3.63) is 35.5 Å². The Kier molecular flexibility index (Phi) is 5.14. The minimum atomic E-state index is 0.468. The van der Waals surface area contributed by atoms with E-state index in [1.165, 1.54) is 32.1 Å². The molecule has 1 aromatic heterocycles. The zero-order valence-electron chi connectivity index (χ0n) is 13.8. The van der Waals surface area contributed by atoms with Gasteiger partial charge in [-0.2, -0.15) is 0 Å². The maximum absolute atomic E-state index is 5.70. The normalized spacial score (nSPS) is 25.5. The summed E-state index contributed by atoms with van der Waals surface area (Å²) < 4.78 is 5.70. The third kappa shape index (κ3) is 3.89. The Morgan fingerprint density at radius 2 is 2.23 bits per heavy atom. The molecule has 0 amide bonds. The molecule has 1 saturated carbocycles. The Balaban J connectivity index is 1.42. The summed E-state index contributed by atoms with van der Waals surface area (Å²) in [4.78, 5) is 4.35. The van der Waals surface area contributed by atoms with Crippen LogP contribution < -0.4 is 10.1 Å². The van der Waals surface area contributed by atoms with E-state index in [4.69, 9.17) is 4.74 Å². The molecule has 3 rings (SSSR count). The fourth-order valence-electron chi connectivity index (χ4n) is 3.88. The molecule has 0 aromatic carbocycles. The van der Waals surface area contributed by atoms with Crippen molar-refractivity contribution in [3.8, 4) is 5.88 Å². The average molecular weight is 300 g/mol. The van der Waals surface area contributed by atoms with Crippen LogP contribution >= 0.6 is 0 Å². The highest BCUT2D eigenvalue weighted by molar-refractivity contribution is 5.17. The lowest BCUT2D eigenvalue weighted by atomic mass is 9.81. The predicted octanol–water partition coefficient (Wildman–Crippen LogP) is 3.88. The maximum Gasteiger partial charge on any atom is 0.213 e. The molecule has 0 bridgehead atoms. The van der Waals surface area contributed by atoms with E-state index < -0.39 is 0 Å². The number of nitrogens with one attached hydrogen (secondary N) is 1. The quantitative estimate of drug-likeness (QED) is 0.639. The summed E-state index contributed by atoms with van der Waals surface area (Å²) >= 11 is 0. The first-order valence-electron chi connectivity index (χ1n) is 8.73. The van der Waals surface area contributed by atoms with E-state index >= 15 is 0 Å². The van der Waals surface area contributed by atoms with Crippen LogP contribution in [-0.4, -0.2) is 24.2 Å². The van der Waals surface area contributed by atoms with E-state index in [2.05, 4.69) is 23.3 Å². The van der Waals surface area contributed by atoms with Gasteiger partial charge in [-0.05, 0) is 57.4 Å². The van der Waals surface area contributed by atoms with Crippen LogP contribution in [-0.2, 0) is 0 Å². The summed E-state index contributed by atoms with van der Waals surface area (Å²) in [6, 6.07) is 6.35. The van der Waals surface area contributed by atoms with Gasteiger partial charge in [0.2, 0.25) is 5.88 Å². The second kappa shape index (κ2) is 7.28. The Morgan fingerprint density at radius 1 is 1.32 bits per heavy atom. The van der Waals surface area contributed by atoms with Gasteiger partial charge in [0, 0.05) is 24.3 Å². The Morgan fingerprint density at radius 3 is 3.09 bits per heavy atom. The fraction of sp³-hybridized carbons (Fsp3) is 0.632. The van der Waals surface area contributed by atoms with Gasteiger partial charge in [0.05, 0.1) is 0 Å². The molecule has 1 heterocycles. The van der Waals surface area contributed by atoms with Crippen molar-refractivity contribution in [2.24, 2.45) is 11.8 Å². The van der Waals surface area contributed by atoms with Crippen molar-refractivity contribution in [2.45, 2.75) is 52.0 Å². The zero-order chi connectivity index (χ0) is 15.4. The van der Waals surface area contributed by atoms with Gasteiger partial charge in [-0.15, -0.1) is 0 Å². The number of aromatic nitrogens is 1. The van der Waals surface area contributed by atoms with E-state index in [0.29, 0.717) is 12.6 Å². The number of pyridine rings is 1. The van der Waals surface area contributed by atoms with Crippen LogP contribution in [0.2, 0.25) is 0 Å². The first-order valence-corrected chi connectivity index (χ1v) is 8.73. The molecule has 3 atom stereocenters.